The lowest BCUT2D eigenvalue weighted by Gasteiger charge is -2.24. The summed E-state index contributed by atoms with van der Waals surface area (Å²) < 4.78 is 18.2. The molecule has 16 heavy (non-hydrogen) atoms. The number of hydrogen-bond donors (Lipinski definition) is 1. The molecular formula is C9H7FN2O4. The fraction of sp³-hybridized carbons (Fsp3) is 0.222. The number of rotatable bonds is 1. The van der Waals surface area contributed by atoms with Crippen LogP contribution in [0, 0.1) is 5.82 Å². The summed E-state index contributed by atoms with van der Waals surface area (Å²) in [7, 11) is 1.42. The third-order valence-corrected chi connectivity index (χ3v) is 2.17. The third kappa shape index (κ3) is 1.46. The van der Waals surface area contributed by atoms with E-state index in [1.807, 2.05) is 0 Å². The predicted octanol–water partition coefficient (Wildman–Crippen LogP) is 0.274. The van der Waals surface area contributed by atoms with Gasteiger partial charge in [0.25, 0.3) is 5.91 Å². The maximum absolute atomic E-state index is 13.2. The lowest BCUT2D eigenvalue weighted by atomic mass is 10.3. The molecule has 1 aromatic rings. The minimum atomic E-state index is -1.49. The molecule has 0 bridgehead atoms. The molecule has 84 valence electrons. The van der Waals surface area contributed by atoms with Crippen LogP contribution in [-0.4, -0.2) is 35.6 Å². The zero-order valence-electron chi connectivity index (χ0n) is 8.23. The Morgan fingerprint density at radius 3 is 3.00 bits per heavy atom. The molecule has 1 aliphatic rings. The summed E-state index contributed by atoms with van der Waals surface area (Å²) in [5.74, 6) is -2.79. The van der Waals surface area contributed by atoms with Crippen molar-refractivity contribution in [2.75, 3.05) is 18.6 Å². The molecule has 2 heterocycles. The Hall–Kier alpha value is -2.18. The van der Waals surface area contributed by atoms with Crippen LogP contribution in [0.2, 0.25) is 0 Å². The first-order valence-corrected chi connectivity index (χ1v) is 4.34. The normalized spacial score (nSPS) is 14.4. The molecule has 0 aromatic carbocycles. The number of halogens is 1. The molecule has 0 saturated carbocycles. The average molecular weight is 226 g/mol. The number of ether oxygens (including phenoxy) is 1. The highest BCUT2D eigenvalue weighted by Gasteiger charge is 2.27. The van der Waals surface area contributed by atoms with Crippen LogP contribution in [-0.2, 0) is 4.79 Å². The molecular weight excluding hydrogens is 219 g/mol. The third-order valence-electron chi connectivity index (χ3n) is 2.17. The maximum Gasteiger partial charge on any atom is 0.357 e. The second kappa shape index (κ2) is 3.44. The van der Waals surface area contributed by atoms with Crippen LogP contribution in [0.3, 0.4) is 0 Å². The topological polar surface area (TPSA) is 79.7 Å². The van der Waals surface area contributed by atoms with Gasteiger partial charge in [0.05, 0.1) is 0 Å². The molecule has 6 nitrogen and oxygen atoms in total. The predicted molar refractivity (Wildman–Crippen MR) is 50.1 cm³/mol. The number of aromatic carboxylic acids is 1. The van der Waals surface area contributed by atoms with Gasteiger partial charge in [-0.05, 0) is 0 Å². The summed E-state index contributed by atoms with van der Waals surface area (Å²) in [6, 6.07) is 0.911. The first-order valence-electron chi connectivity index (χ1n) is 4.34. The molecule has 0 atom stereocenters. The zero-order chi connectivity index (χ0) is 11.9. The molecule has 1 N–H and O–H groups in total. The van der Waals surface area contributed by atoms with Gasteiger partial charge in [0.2, 0.25) is 0 Å². The summed E-state index contributed by atoms with van der Waals surface area (Å²) in [5.41, 5.74) is -0.733. The first kappa shape index (κ1) is 10.3. The number of carboxylic acid groups (broad SMARTS) is 1. The molecule has 0 spiro atoms. The number of pyridine rings is 1. The number of carbonyl (C=O) groups excluding carboxylic acids is 1. The van der Waals surface area contributed by atoms with E-state index in [0.29, 0.717) is 0 Å². The van der Waals surface area contributed by atoms with Crippen molar-refractivity contribution in [2.24, 2.45) is 0 Å². The smallest absolute Gasteiger partial charge is 0.357 e. The van der Waals surface area contributed by atoms with Gasteiger partial charge in [-0.1, -0.05) is 0 Å². The van der Waals surface area contributed by atoms with Crippen LogP contribution < -0.4 is 9.64 Å². The molecule has 2 rings (SSSR count). The minimum Gasteiger partial charge on any atom is -0.480 e. The number of carbonyl (C=O) groups is 2. The second-order valence-corrected chi connectivity index (χ2v) is 3.19. The first-order chi connectivity index (χ1) is 7.50. The fourth-order valence-electron chi connectivity index (χ4n) is 1.31. The van der Waals surface area contributed by atoms with Crippen LogP contribution in [0.1, 0.15) is 10.5 Å². The van der Waals surface area contributed by atoms with Gasteiger partial charge in [0.1, 0.15) is 0 Å². The van der Waals surface area contributed by atoms with E-state index < -0.39 is 17.5 Å². The number of fused-ring (bicyclic) bond motifs is 1. The highest BCUT2D eigenvalue weighted by atomic mass is 19.1. The summed E-state index contributed by atoms with van der Waals surface area (Å²) in [6.45, 7) is -0.211. The molecule has 7 heteroatoms. The number of hydrogen-bond acceptors (Lipinski definition) is 4. The Labute approximate surface area is 89.3 Å². The standard InChI is InChI=1S/C9H7FN2O4/c1-12-6(13)3-16-5-2-4(10)7(9(14)15)11-8(5)12/h2H,3H2,1H3,(H,14,15). The Balaban J connectivity index is 2.58. The number of anilines is 1. The van der Waals surface area contributed by atoms with Gasteiger partial charge in [-0.15, -0.1) is 0 Å². The second-order valence-electron chi connectivity index (χ2n) is 3.19. The zero-order valence-corrected chi connectivity index (χ0v) is 8.23. The number of aromatic nitrogens is 1. The summed E-state index contributed by atoms with van der Waals surface area (Å²) >= 11 is 0. The van der Waals surface area contributed by atoms with Crippen molar-refractivity contribution in [3.63, 3.8) is 0 Å². The lowest BCUT2D eigenvalue weighted by Crippen LogP contribution is -2.36. The fourth-order valence-corrected chi connectivity index (χ4v) is 1.31. The van der Waals surface area contributed by atoms with Gasteiger partial charge in [-0.25, -0.2) is 14.2 Å². The van der Waals surface area contributed by atoms with E-state index in [4.69, 9.17) is 9.84 Å². The minimum absolute atomic E-state index is 0.00931. The summed E-state index contributed by atoms with van der Waals surface area (Å²) in [5, 5.41) is 8.67. The van der Waals surface area contributed by atoms with Crippen molar-refractivity contribution >= 4 is 17.7 Å². The molecule has 0 unspecified atom stereocenters. The molecule has 0 fully saturated rings. The van der Waals surface area contributed by atoms with E-state index in [1.165, 1.54) is 7.05 Å². The van der Waals surface area contributed by atoms with Crippen LogP contribution in [0.15, 0.2) is 6.07 Å². The average Bonchev–Trinajstić information content (AvgIpc) is 2.23. The van der Waals surface area contributed by atoms with E-state index >= 15 is 0 Å². The Morgan fingerprint density at radius 1 is 1.69 bits per heavy atom. The van der Waals surface area contributed by atoms with Crippen molar-refractivity contribution in [1.29, 1.82) is 0 Å². The highest BCUT2D eigenvalue weighted by Crippen LogP contribution is 2.30. The monoisotopic (exact) mass is 226 g/mol. The Bertz CT molecular complexity index is 489. The SMILES string of the molecule is CN1C(=O)COc2cc(F)c(C(=O)O)nc21. The Morgan fingerprint density at radius 2 is 2.38 bits per heavy atom. The van der Waals surface area contributed by atoms with Gasteiger partial charge in [0.15, 0.2) is 29.7 Å². The van der Waals surface area contributed by atoms with Crippen molar-refractivity contribution in [3.05, 3.63) is 17.6 Å². The van der Waals surface area contributed by atoms with E-state index in [-0.39, 0.29) is 24.1 Å². The largest absolute Gasteiger partial charge is 0.480 e. The number of amides is 1. The van der Waals surface area contributed by atoms with Crippen molar-refractivity contribution in [2.45, 2.75) is 0 Å². The van der Waals surface area contributed by atoms with Crippen LogP contribution in [0.4, 0.5) is 10.2 Å². The molecule has 1 aliphatic heterocycles. The Kier molecular flexibility index (Phi) is 2.22. The summed E-state index contributed by atoms with van der Waals surface area (Å²) in [6.07, 6.45) is 0. The van der Waals surface area contributed by atoms with Gasteiger partial charge >= 0.3 is 5.97 Å². The molecule has 0 aliphatic carbocycles. The van der Waals surface area contributed by atoms with E-state index in [9.17, 15) is 14.0 Å². The van der Waals surface area contributed by atoms with Gasteiger partial charge < -0.3 is 9.84 Å². The number of carboxylic acids is 1. The van der Waals surface area contributed by atoms with Crippen molar-refractivity contribution < 1.29 is 23.8 Å². The van der Waals surface area contributed by atoms with E-state index in [2.05, 4.69) is 4.98 Å². The lowest BCUT2D eigenvalue weighted by molar-refractivity contribution is -0.121. The van der Waals surface area contributed by atoms with Crippen LogP contribution >= 0.6 is 0 Å². The molecule has 1 aromatic heterocycles. The number of nitrogens with zero attached hydrogens (tertiary/aromatic N) is 2. The quantitative estimate of drug-likeness (QED) is 0.743. The van der Waals surface area contributed by atoms with Gasteiger partial charge in [0, 0.05) is 13.1 Å². The van der Waals surface area contributed by atoms with Crippen LogP contribution in [0.5, 0.6) is 5.75 Å². The molecule has 0 saturated heterocycles. The van der Waals surface area contributed by atoms with Crippen molar-refractivity contribution in [3.8, 4) is 5.75 Å². The maximum atomic E-state index is 13.2. The van der Waals surface area contributed by atoms with Gasteiger partial charge in [-0.3, -0.25) is 9.69 Å². The summed E-state index contributed by atoms with van der Waals surface area (Å²) in [4.78, 5) is 26.6. The van der Waals surface area contributed by atoms with Gasteiger partial charge in [-0.2, -0.15) is 0 Å². The molecule has 1 amide bonds. The van der Waals surface area contributed by atoms with E-state index in [1.54, 1.807) is 0 Å². The highest BCUT2D eigenvalue weighted by molar-refractivity contribution is 5.97. The van der Waals surface area contributed by atoms with Crippen LogP contribution in [0.25, 0.3) is 0 Å². The number of likely N-dealkylation sites (N-methyl/N-ethyl adjacent to an activating group) is 1. The molecule has 0 radical (unpaired) electrons. The van der Waals surface area contributed by atoms with Crippen molar-refractivity contribution in [1.82, 2.24) is 4.98 Å². The van der Waals surface area contributed by atoms with E-state index in [0.717, 1.165) is 11.0 Å².